The smallest absolute Gasteiger partial charge is 0.222 e. The highest BCUT2D eigenvalue weighted by molar-refractivity contribution is 5.66. The lowest BCUT2D eigenvalue weighted by Gasteiger charge is -2.37. The summed E-state index contributed by atoms with van der Waals surface area (Å²) in [6.07, 6.45) is 16.3. The molecule has 0 aromatic carbocycles. The number of rotatable bonds is 8. The first-order valence-corrected chi connectivity index (χ1v) is 22.3. The molecule has 0 atom stereocenters. The molecule has 0 amide bonds. The van der Waals surface area contributed by atoms with Crippen LogP contribution in [-0.2, 0) is 6.42 Å². The molecular weight excluding hydrogens is 837 g/mol. The molecule has 1 saturated carbocycles. The molecule has 22 nitrogen and oxygen atoms in total. The Morgan fingerprint density at radius 3 is 1.12 bits per heavy atom. The summed E-state index contributed by atoms with van der Waals surface area (Å²) in [5, 5.41) is 0. The number of nitrogens with two attached hydrogens (primary N) is 6. The molecule has 0 unspecified atom stereocenters. The molecule has 6 aromatic heterocycles. The van der Waals surface area contributed by atoms with Gasteiger partial charge < -0.3 is 63.8 Å². The standard InChI is InChI=1S/C15H20N8.C15H21N7.C14H19N7/c16-13-12(9-20-15(17)21-13)23-5-3-22(4-6-23)11-7-18-14(19-8-11)10-1-2-10;1-2-11-3-4-12(9-18-11)21-5-7-22(8-6-21)13-10-19-15(17)20-14(13)16;1-10-2-3-11(8-17-10)20-4-6-21(7-5-20)12-9-18-14(16)19-13(12)15/h7-10H,1-6H2,(H4,16,17,20,21);3-4,9-10H,2,5-8H2,1H3,(H4,16,17,19,20);2-3,8-9H,4-7H2,1H3,(H4,15,16,18,19). The van der Waals surface area contributed by atoms with Crippen LogP contribution in [-0.4, -0.2) is 128 Å². The van der Waals surface area contributed by atoms with Gasteiger partial charge in [-0.25, -0.2) is 24.9 Å². The second kappa shape index (κ2) is 20.4. The average Bonchev–Trinajstić information content (AvgIpc) is 4.19. The van der Waals surface area contributed by atoms with Gasteiger partial charge in [0.2, 0.25) is 17.8 Å². The SMILES string of the molecule is CCc1ccc(N2CCN(c3cnc(N)nc3N)CC2)cn1.Cc1ccc(N2CCN(c3cnc(N)nc3N)CC2)cn1.Nc1ncc(N2CCN(c3cnc(C4CC4)nc3)CC2)c(N)n1. The van der Waals surface area contributed by atoms with Gasteiger partial charge in [0.05, 0.1) is 77.5 Å². The normalized spacial score (nSPS) is 16.3. The average molecular weight is 897 g/mol. The second-order valence-corrected chi connectivity index (χ2v) is 16.5. The fourth-order valence-electron chi connectivity index (χ4n) is 8.06. The zero-order valence-electron chi connectivity index (χ0n) is 37.7. The Morgan fingerprint density at radius 1 is 0.424 bits per heavy atom. The van der Waals surface area contributed by atoms with Crippen LogP contribution < -0.4 is 63.8 Å². The summed E-state index contributed by atoms with van der Waals surface area (Å²) in [6.45, 7) is 14.7. The number of nitrogen functional groups attached to an aromatic ring is 6. The highest BCUT2D eigenvalue weighted by Gasteiger charge is 2.27. The van der Waals surface area contributed by atoms with E-state index in [0.29, 0.717) is 23.4 Å². The van der Waals surface area contributed by atoms with Crippen LogP contribution in [0.25, 0.3) is 0 Å². The Kier molecular flexibility index (Phi) is 13.8. The number of anilines is 12. The van der Waals surface area contributed by atoms with E-state index in [9.17, 15) is 0 Å². The Balaban J connectivity index is 0.000000135. The minimum atomic E-state index is 0.206. The molecule has 66 heavy (non-hydrogen) atoms. The molecule has 0 spiro atoms. The molecule has 346 valence electrons. The van der Waals surface area contributed by atoms with Crippen LogP contribution in [0.2, 0.25) is 0 Å². The summed E-state index contributed by atoms with van der Waals surface area (Å²) in [5.41, 5.74) is 42.5. The molecule has 0 bridgehead atoms. The summed E-state index contributed by atoms with van der Waals surface area (Å²) in [4.78, 5) is 55.5. The predicted octanol–water partition coefficient (Wildman–Crippen LogP) is 2.23. The van der Waals surface area contributed by atoms with E-state index in [1.165, 1.54) is 18.5 Å². The molecule has 9 heterocycles. The lowest BCUT2D eigenvalue weighted by molar-refractivity contribution is 0.650. The van der Waals surface area contributed by atoms with E-state index >= 15 is 0 Å². The van der Waals surface area contributed by atoms with E-state index < -0.39 is 0 Å². The van der Waals surface area contributed by atoms with Gasteiger partial charge in [-0.05, 0) is 50.5 Å². The first-order valence-electron chi connectivity index (χ1n) is 22.3. The fraction of sp³-hybridized carbons (Fsp3) is 0.409. The van der Waals surface area contributed by atoms with Crippen LogP contribution in [0.4, 0.5) is 69.4 Å². The second-order valence-electron chi connectivity index (χ2n) is 16.5. The van der Waals surface area contributed by atoms with Gasteiger partial charge in [0.15, 0.2) is 17.5 Å². The van der Waals surface area contributed by atoms with E-state index in [0.717, 1.165) is 131 Å². The van der Waals surface area contributed by atoms with Gasteiger partial charge in [-0.2, -0.15) is 15.0 Å². The van der Waals surface area contributed by atoms with Crippen LogP contribution in [0.3, 0.4) is 0 Å². The third-order valence-electron chi connectivity index (χ3n) is 12.1. The molecule has 3 saturated heterocycles. The first-order chi connectivity index (χ1) is 32.0. The third-order valence-corrected chi connectivity index (χ3v) is 12.1. The zero-order chi connectivity index (χ0) is 46.2. The van der Waals surface area contributed by atoms with Crippen molar-refractivity contribution in [3.63, 3.8) is 0 Å². The van der Waals surface area contributed by atoms with Crippen LogP contribution >= 0.6 is 0 Å². The van der Waals surface area contributed by atoms with Crippen molar-refractivity contribution in [2.75, 3.05) is 142 Å². The maximum absolute atomic E-state index is 5.94. The van der Waals surface area contributed by atoms with Crippen LogP contribution in [0, 0.1) is 6.92 Å². The summed E-state index contributed by atoms with van der Waals surface area (Å²) in [5.74, 6) is 3.51. The number of aryl methyl sites for hydroxylation is 2. The topological polar surface area (TPSA) is 304 Å². The molecule has 4 aliphatic rings. The van der Waals surface area contributed by atoms with Gasteiger partial charge >= 0.3 is 0 Å². The first kappa shape index (κ1) is 44.8. The van der Waals surface area contributed by atoms with Crippen LogP contribution in [0.1, 0.15) is 42.9 Å². The molecular formula is C44H60N22. The molecule has 10 rings (SSSR count). The summed E-state index contributed by atoms with van der Waals surface area (Å²) < 4.78 is 0. The van der Waals surface area contributed by atoms with Crippen molar-refractivity contribution in [3.05, 3.63) is 84.9 Å². The quantitative estimate of drug-likeness (QED) is 0.128. The van der Waals surface area contributed by atoms with E-state index in [1.807, 2.05) is 37.8 Å². The van der Waals surface area contributed by atoms with Gasteiger partial charge in [-0.3, -0.25) is 9.97 Å². The number of pyridine rings is 2. The fourth-order valence-corrected chi connectivity index (χ4v) is 8.06. The lowest BCUT2D eigenvalue weighted by Crippen LogP contribution is -2.47. The van der Waals surface area contributed by atoms with E-state index in [4.69, 9.17) is 34.4 Å². The predicted molar refractivity (Wildman–Crippen MR) is 262 cm³/mol. The minimum Gasteiger partial charge on any atom is -0.382 e. The molecule has 1 aliphatic carbocycles. The molecule has 4 fully saturated rings. The largest absolute Gasteiger partial charge is 0.382 e. The summed E-state index contributed by atoms with van der Waals surface area (Å²) >= 11 is 0. The van der Waals surface area contributed by atoms with Crippen LogP contribution in [0.5, 0.6) is 0 Å². The lowest BCUT2D eigenvalue weighted by atomic mass is 10.2. The Bertz CT molecular complexity index is 2500. The monoisotopic (exact) mass is 897 g/mol. The Morgan fingerprint density at radius 2 is 0.788 bits per heavy atom. The highest BCUT2D eigenvalue weighted by Crippen LogP contribution is 2.38. The molecule has 6 aromatic rings. The number of hydrogen-bond acceptors (Lipinski definition) is 22. The molecule has 3 aliphatic heterocycles. The third kappa shape index (κ3) is 11.1. The number of hydrogen-bond donors (Lipinski definition) is 6. The molecule has 22 heteroatoms. The summed E-state index contributed by atoms with van der Waals surface area (Å²) in [6, 6.07) is 8.38. The summed E-state index contributed by atoms with van der Waals surface area (Å²) in [7, 11) is 0. The number of nitrogens with zero attached hydrogens (tertiary/aromatic N) is 16. The molecule has 0 radical (unpaired) electrons. The van der Waals surface area contributed by atoms with Crippen molar-refractivity contribution < 1.29 is 0 Å². The molecule has 12 N–H and O–H groups in total. The Labute approximate surface area is 384 Å². The van der Waals surface area contributed by atoms with Crippen LogP contribution in [0.15, 0.2) is 67.6 Å². The minimum absolute atomic E-state index is 0.206. The van der Waals surface area contributed by atoms with Gasteiger partial charge in [0, 0.05) is 95.8 Å². The Hall–Kier alpha value is -7.78. The van der Waals surface area contributed by atoms with Crippen molar-refractivity contribution in [2.45, 2.75) is 39.0 Å². The van der Waals surface area contributed by atoms with Crippen molar-refractivity contribution >= 4 is 69.4 Å². The maximum Gasteiger partial charge on any atom is 0.222 e. The van der Waals surface area contributed by atoms with E-state index in [-0.39, 0.29) is 17.8 Å². The van der Waals surface area contributed by atoms with E-state index in [1.54, 1.807) is 18.6 Å². The van der Waals surface area contributed by atoms with Gasteiger partial charge in [0.1, 0.15) is 5.82 Å². The van der Waals surface area contributed by atoms with Crippen molar-refractivity contribution in [1.82, 2.24) is 49.8 Å². The zero-order valence-corrected chi connectivity index (χ0v) is 37.7. The van der Waals surface area contributed by atoms with Crippen molar-refractivity contribution in [2.24, 2.45) is 0 Å². The van der Waals surface area contributed by atoms with Gasteiger partial charge in [0.25, 0.3) is 0 Å². The number of aromatic nitrogens is 10. The van der Waals surface area contributed by atoms with E-state index in [2.05, 4.69) is 104 Å². The highest BCUT2D eigenvalue weighted by atomic mass is 15.3. The van der Waals surface area contributed by atoms with Crippen molar-refractivity contribution in [1.29, 1.82) is 0 Å². The number of piperazine rings is 3. The maximum atomic E-state index is 5.94. The van der Waals surface area contributed by atoms with Crippen molar-refractivity contribution in [3.8, 4) is 0 Å². The van der Waals surface area contributed by atoms with Gasteiger partial charge in [-0.15, -0.1) is 0 Å². The van der Waals surface area contributed by atoms with Gasteiger partial charge in [-0.1, -0.05) is 6.92 Å².